The third-order valence-corrected chi connectivity index (χ3v) is 6.78. The first kappa shape index (κ1) is 18.2. The van der Waals surface area contributed by atoms with Gasteiger partial charge < -0.3 is 10.2 Å². The lowest BCUT2D eigenvalue weighted by molar-refractivity contribution is -0.121. The molecule has 1 atom stereocenters. The molecule has 4 heterocycles. The molecule has 2 saturated heterocycles. The Morgan fingerprint density at radius 2 is 2.15 bits per heavy atom. The number of likely N-dealkylation sites (N-methyl/N-ethyl adjacent to an activating group) is 1. The number of hydrogen-bond acceptors (Lipinski definition) is 5. The molecule has 2 aliphatic heterocycles. The Hall–Kier alpha value is -2.19. The minimum absolute atomic E-state index is 0.0237. The average Bonchev–Trinajstić information content (AvgIpc) is 3.27. The minimum atomic E-state index is -0.140. The Bertz CT molecular complexity index is 846. The van der Waals surface area contributed by atoms with Gasteiger partial charge in [0, 0.05) is 45.2 Å². The van der Waals surface area contributed by atoms with Crippen molar-refractivity contribution in [2.24, 2.45) is 7.05 Å². The lowest BCUT2D eigenvalue weighted by Gasteiger charge is -2.49. The van der Waals surface area contributed by atoms with E-state index in [1.165, 1.54) is 0 Å². The van der Waals surface area contributed by atoms with Crippen LogP contribution in [0.1, 0.15) is 29.8 Å². The summed E-state index contributed by atoms with van der Waals surface area (Å²) in [6.07, 6.45) is 2.15. The number of carbonyl (C=O) groups excluding carboxylic acids is 2. The molecule has 2 amide bonds. The lowest BCUT2D eigenvalue weighted by atomic mass is 9.86. The maximum Gasteiger partial charge on any atom is 0.274 e. The van der Waals surface area contributed by atoms with Gasteiger partial charge in [0.2, 0.25) is 5.91 Å². The van der Waals surface area contributed by atoms with Gasteiger partial charge in [0.25, 0.3) is 5.91 Å². The standard InChI is InChI=1S/C19H25N5O2S/c1-22-9-10-24(13-19(22)6-5-17(25)20-8-7-19)18(26)14-12-15(23(2)21-14)16-4-3-11-27-16/h3-4,11-12H,5-10,13H2,1-2H3,(H,20,25)/t19-/m1/s1. The Labute approximate surface area is 162 Å². The first-order valence-electron chi connectivity index (χ1n) is 9.34. The fourth-order valence-electron chi connectivity index (χ4n) is 4.16. The molecule has 0 saturated carbocycles. The highest BCUT2D eigenvalue weighted by atomic mass is 32.1. The summed E-state index contributed by atoms with van der Waals surface area (Å²) in [5, 5.41) is 9.46. The molecule has 2 aromatic rings. The van der Waals surface area contributed by atoms with Crippen LogP contribution in [0.15, 0.2) is 23.6 Å². The van der Waals surface area contributed by atoms with E-state index >= 15 is 0 Å². The number of piperazine rings is 1. The molecule has 144 valence electrons. The van der Waals surface area contributed by atoms with Gasteiger partial charge in [-0.25, -0.2) is 0 Å². The van der Waals surface area contributed by atoms with Crippen LogP contribution in [0.4, 0.5) is 0 Å². The van der Waals surface area contributed by atoms with Gasteiger partial charge in [-0.05, 0) is 37.4 Å². The Morgan fingerprint density at radius 1 is 1.30 bits per heavy atom. The number of amides is 2. The average molecular weight is 388 g/mol. The number of hydrogen-bond donors (Lipinski definition) is 1. The van der Waals surface area contributed by atoms with Gasteiger partial charge in [0.15, 0.2) is 5.69 Å². The number of nitrogens with one attached hydrogen (secondary N) is 1. The van der Waals surface area contributed by atoms with Crippen LogP contribution in [0, 0.1) is 0 Å². The quantitative estimate of drug-likeness (QED) is 0.849. The fraction of sp³-hybridized carbons (Fsp3) is 0.526. The van der Waals surface area contributed by atoms with Gasteiger partial charge in [0.05, 0.1) is 10.6 Å². The van der Waals surface area contributed by atoms with E-state index in [-0.39, 0.29) is 17.4 Å². The van der Waals surface area contributed by atoms with E-state index < -0.39 is 0 Å². The van der Waals surface area contributed by atoms with E-state index in [0.717, 1.165) is 30.0 Å². The number of carbonyl (C=O) groups is 2. The molecule has 1 spiro atoms. The number of thiophene rings is 1. The molecule has 2 aromatic heterocycles. The number of rotatable bonds is 2. The predicted octanol–water partition coefficient (Wildman–Crippen LogP) is 1.58. The van der Waals surface area contributed by atoms with Gasteiger partial charge in [-0.2, -0.15) is 5.10 Å². The van der Waals surface area contributed by atoms with E-state index in [2.05, 4.69) is 22.4 Å². The van der Waals surface area contributed by atoms with Gasteiger partial charge in [0.1, 0.15) is 0 Å². The van der Waals surface area contributed by atoms with Crippen molar-refractivity contribution in [3.8, 4) is 10.6 Å². The first-order valence-corrected chi connectivity index (χ1v) is 10.2. The van der Waals surface area contributed by atoms with Crippen molar-refractivity contribution in [1.29, 1.82) is 0 Å². The zero-order valence-corrected chi connectivity index (χ0v) is 16.6. The van der Waals surface area contributed by atoms with Gasteiger partial charge in [-0.1, -0.05) is 6.07 Å². The molecule has 8 heteroatoms. The second-order valence-corrected chi connectivity index (χ2v) is 8.44. The van der Waals surface area contributed by atoms with E-state index in [1.807, 2.05) is 35.5 Å². The number of aromatic nitrogens is 2. The van der Waals surface area contributed by atoms with E-state index in [0.29, 0.717) is 31.7 Å². The molecule has 0 aliphatic carbocycles. The molecule has 0 unspecified atom stereocenters. The van der Waals surface area contributed by atoms with Crippen LogP contribution in [-0.4, -0.2) is 70.2 Å². The minimum Gasteiger partial charge on any atom is -0.356 e. The van der Waals surface area contributed by atoms with Crippen LogP contribution in [0.2, 0.25) is 0 Å². The molecular formula is C19H25N5O2S. The molecule has 7 nitrogen and oxygen atoms in total. The summed E-state index contributed by atoms with van der Waals surface area (Å²) >= 11 is 1.64. The van der Waals surface area contributed by atoms with Crippen LogP contribution < -0.4 is 5.32 Å². The smallest absolute Gasteiger partial charge is 0.274 e. The maximum atomic E-state index is 13.2. The molecule has 2 fully saturated rings. The SMILES string of the molecule is CN1CCN(C(=O)c2cc(-c3cccs3)n(C)n2)C[C@@]12CCNC(=O)CC2. The van der Waals surface area contributed by atoms with E-state index in [4.69, 9.17) is 0 Å². The third kappa shape index (κ3) is 3.39. The van der Waals surface area contributed by atoms with E-state index in [1.54, 1.807) is 16.0 Å². The van der Waals surface area contributed by atoms with Crippen LogP contribution in [-0.2, 0) is 11.8 Å². The Kier molecular flexibility index (Phi) is 4.77. The molecule has 1 N–H and O–H groups in total. The molecule has 0 aromatic carbocycles. The zero-order chi connectivity index (χ0) is 19.0. The molecule has 4 rings (SSSR count). The van der Waals surface area contributed by atoms with Gasteiger partial charge in [-0.3, -0.25) is 19.2 Å². The summed E-state index contributed by atoms with van der Waals surface area (Å²) in [4.78, 5) is 30.3. The second-order valence-electron chi connectivity index (χ2n) is 7.49. The first-order chi connectivity index (χ1) is 13.0. The molecule has 0 radical (unpaired) electrons. The largest absolute Gasteiger partial charge is 0.356 e. The summed E-state index contributed by atoms with van der Waals surface area (Å²) in [5.74, 6) is 0.0819. The fourth-order valence-corrected chi connectivity index (χ4v) is 4.93. The van der Waals surface area contributed by atoms with Gasteiger partial charge in [-0.15, -0.1) is 11.3 Å². The Balaban J connectivity index is 1.55. The third-order valence-electron chi connectivity index (χ3n) is 5.89. The summed E-state index contributed by atoms with van der Waals surface area (Å²) in [5.41, 5.74) is 1.31. The molecular weight excluding hydrogens is 362 g/mol. The lowest BCUT2D eigenvalue weighted by Crippen LogP contribution is -2.62. The summed E-state index contributed by atoms with van der Waals surface area (Å²) in [7, 11) is 3.98. The predicted molar refractivity (Wildman–Crippen MR) is 105 cm³/mol. The van der Waals surface area contributed by atoms with Crippen LogP contribution in [0.25, 0.3) is 10.6 Å². The van der Waals surface area contributed by atoms with Crippen molar-refractivity contribution in [3.05, 3.63) is 29.3 Å². The zero-order valence-electron chi connectivity index (χ0n) is 15.8. The van der Waals surface area contributed by atoms with Crippen LogP contribution in [0.3, 0.4) is 0 Å². The summed E-state index contributed by atoms with van der Waals surface area (Å²) < 4.78 is 1.78. The number of nitrogens with zero attached hydrogens (tertiary/aromatic N) is 4. The second kappa shape index (κ2) is 7.09. The van der Waals surface area contributed by atoms with Crippen molar-refractivity contribution in [2.45, 2.75) is 24.8 Å². The van der Waals surface area contributed by atoms with E-state index in [9.17, 15) is 9.59 Å². The molecule has 0 bridgehead atoms. The summed E-state index contributed by atoms with van der Waals surface area (Å²) in [6, 6.07) is 5.92. The monoisotopic (exact) mass is 387 g/mol. The molecule has 2 aliphatic rings. The maximum absolute atomic E-state index is 13.2. The highest BCUT2D eigenvalue weighted by molar-refractivity contribution is 7.13. The van der Waals surface area contributed by atoms with Crippen molar-refractivity contribution in [2.75, 3.05) is 33.2 Å². The Morgan fingerprint density at radius 3 is 2.93 bits per heavy atom. The highest BCUT2D eigenvalue weighted by Gasteiger charge is 2.42. The highest BCUT2D eigenvalue weighted by Crippen LogP contribution is 2.31. The summed E-state index contributed by atoms with van der Waals surface area (Å²) in [6.45, 7) is 2.80. The van der Waals surface area contributed by atoms with Gasteiger partial charge >= 0.3 is 0 Å². The van der Waals surface area contributed by atoms with Crippen molar-refractivity contribution in [1.82, 2.24) is 24.9 Å². The molecule has 27 heavy (non-hydrogen) atoms. The van der Waals surface area contributed by atoms with Crippen molar-refractivity contribution < 1.29 is 9.59 Å². The van der Waals surface area contributed by atoms with Crippen LogP contribution in [0.5, 0.6) is 0 Å². The van der Waals surface area contributed by atoms with Crippen LogP contribution >= 0.6 is 11.3 Å². The van der Waals surface area contributed by atoms with Crippen molar-refractivity contribution in [3.63, 3.8) is 0 Å². The van der Waals surface area contributed by atoms with Crippen molar-refractivity contribution >= 4 is 23.2 Å². The normalized spacial score (nSPS) is 24.1. The topological polar surface area (TPSA) is 70.5 Å². The number of aryl methyl sites for hydroxylation is 1.